The average molecular weight is 315 g/mol. The van der Waals surface area contributed by atoms with E-state index in [0.29, 0.717) is 24.5 Å². The van der Waals surface area contributed by atoms with Crippen LogP contribution in [0.2, 0.25) is 0 Å². The molecule has 8 heteroatoms. The van der Waals surface area contributed by atoms with E-state index in [0.717, 1.165) is 13.1 Å². The van der Waals surface area contributed by atoms with Gasteiger partial charge in [-0.3, -0.25) is 10.00 Å². The molecular formula is C13H25N5O2S. The fourth-order valence-electron chi connectivity index (χ4n) is 2.73. The maximum absolute atomic E-state index is 12.5. The Morgan fingerprint density at radius 2 is 2.05 bits per heavy atom. The number of aromatic nitrogens is 2. The van der Waals surface area contributed by atoms with Crippen LogP contribution in [-0.4, -0.2) is 56.2 Å². The predicted octanol–water partition coefficient (Wildman–Crippen LogP) is 0.200. The van der Waals surface area contributed by atoms with Crippen molar-refractivity contribution in [2.75, 3.05) is 26.7 Å². The molecule has 2 rings (SSSR count). The topological polar surface area (TPSA) is 90.1 Å². The number of sulfonamides is 1. The predicted molar refractivity (Wildman–Crippen MR) is 81.5 cm³/mol. The van der Waals surface area contributed by atoms with Gasteiger partial charge in [0.1, 0.15) is 4.90 Å². The molecule has 1 atom stereocenters. The maximum Gasteiger partial charge on any atom is 0.244 e. The third kappa shape index (κ3) is 3.82. The van der Waals surface area contributed by atoms with Gasteiger partial charge in [0.25, 0.3) is 0 Å². The quantitative estimate of drug-likeness (QED) is 0.669. The molecule has 0 aromatic carbocycles. The van der Waals surface area contributed by atoms with Gasteiger partial charge in [-0.15, -0.1) is 0 Å². The lowest BCUT2D eigenvalue weighted by atomic mass is 10.3. The molecule has 0 bridgehead atoms. The van der Waals surface area contributed by atoms with Crippen LogP contribution < -0.4 is 10.0 Å². The van der Waals surface area contributed by atoms with Crippen LogP contribution in [0.25, 0.3) is 0 Å². The zero-order valence-electron chi connectivity index (χ0n) is 12.9. The van der Waals surface area contributed by atoms with Crippen molar-refractivity contribution in [3.63, 3.8) is 0 Å². The number of nitrogens with one attached hydrogen (secondary N) is 3. The van der Waals surface area contributed by atoms with Crippen LogP contribution in [0.1, 0.15) is 31.2 Å². The van der Waals surface area contributed by atoms with Gasteiger partial charge < -0.3 is 5.32 Å². The number of rotatable bonds is 7. The molecule has 120 valence electrons. The van der Waals surface area contributed by atoms with E-state index in [-0.39, 0.29) is 10.9 Å². The van der Waals surface area contributed by atoms with Gasteiger partial charge in [-0.05, 0) is 46.8 Å². The highest BCUT2D eigenvalue weighted by Crippen LogP contribution is 2.18. The minimum atomic E-state index is -3.54. The molecule has 0 aliphatic carbocycles. The van der Waals surface area contributed by atoms with Gasteiger partial charge in [0.05, 0.1) is 11.4 Å². The summed E-state index contributed by atoms with van der Waals surface area (Å²) < 4.78 is 27.7. The summed E-state index contributed by atoms with van der Waals surface area (Å²) in [7, 11) is -1.77. The lowest BCUT2D eigenvalue weighted by molar-refractivity contribution is 0.260. The fraction of sp³-hybridized carbons (Fsp3) is 0.769. The number of H-pyrrole nitrogens is 1. The SMILES string of the molecule is CNCc1n[nH]c(C)c1S(=O)(=O)NCC(C)N1CCCC1. The van der Waals surface area contributed by atoms with E-state index in [1.807, 2.05) is 0 Å². The van der Waals surface area contributed by atoms with E-state index in [9.17, 15) is 8.42 Å². The minimum absolute atomic E-state index is 0.210. The molecule has 1 unspecified atom stereocenters. The van der Waals surface area contributed by atoms with E-state index in [1.54, 1.807) is 14.0 Å². The first-order valence-electron chi connectivity index (χ1n) is 7.38. The van der Waals surface area contributed by atoms with Gasteiger partial charge in [0.15, 0.2) is 0 Å². The van der Waals surface area contributed by atoms with E-state index >= 15 is 0 Å². The summed E-state index contributed by atoms with van der Waals surface area (Å²) in [5, 5.41) is 9.75. The molecule has 2 heterocycles. The number of hydrogen-bond donors (Lipinski definition) is 3. The van der Waals surface area contributed by atoms with Gasteiger partial charge in [-0.1, -0.05) is 0 Å². The van der Waals surface area contributed by atoms with Crippen LogP contribution in [0.5, 0.6) is 0 Å². The molecule has 1 aliphatic heterocycles. The maximum atomic E-state index is 12.5. The van der Waals surface area contributed by atoms with Crippen LogP contribution >= 0.6 is 0 Å². The molecule has 7 nitrogen and oxygen atoms in total. The van der Waals surface area contributed by atoms with Gasteiger partial charge in [-0.2, -0.15) is 5.10 Å². The first kappa shape index (κ1) is 16.4. The molecule has 3 N–H and O–H groups in total. The van der Waals surface area contributed by atoms with E-state index < -0.39 is 10.0 Å². The van der Waals surface area contributed by atoms with Crippen LogP contribution in [0.15, 0.2) is 4.90 Å². The Hall–Kier alpha value is -0.960. The monoisotopic (exact) mass is 315 g/mol. The average Bonchev–Trinajstić information content (AvgIpc) is 3.07. The third-order valence-electron chi connectivity index (χ3n) is 3.91. The van der Waals surface area contributed by atoms with Crippen molar-refractivity contribution in [1.82, 2.24) is 25.1 Å². The van der Waals surface area contributed by atoms with Gasteiger partial charge in [-0.25, -0.2) is 13.1 Å². The van der Waals surface area contributed by atoms with Crippen LogP contribution in [0.3, 0.4) is 0 Å². The molecule has 1 aromatic rings. The molecule has 1 saturated heterocycles. The van der Waals surface area contributed by atoms with E-state index in [1.165, 1.54) is 12.8 Å². The molecule has 0 saturated carbocycles. The number of aryl methyl sites for hydroxylation is 1. The van der Waals surface area contributed by atoms with Crippen LogP contribution in [-0.2, 0) is 16.6 Å². The lowest BCUT2D eigenvalue weighted by Crippen LogP contribution is -2.40. The molecule has 21 heavy (non-hydrogen) atoms. The van der Waals surface area contributed by atoms with Crippen molar-refractivity contribution >= 4 is 10.0 Å². The molecule has 0 amide bonds. The van der Waals surface area contributed by atoms with Crippen LogP contribution in [0, 0.1) is 6.92 Å². The highest BCUT2D eigenvalue weighted by atomic mass is 32.2. The number of likely N-dealkylation sites (tertiary alicyclic amines) is 1. The molecule has 0 spiro atoms. The summed E-state index contributed by atoms with van der Waals surface area (Å²) in [4.78, 5) is 2.59. The Kier molecular flexibility index (Phi) is 5.37. The van der Waals surface area contributed by atoms with Gasteiger partial charge in [0, 0.05) is 19.1 Å². The van der Waals surface area contributed by atoms with Crippen molar-refractivity contribution in [3.05, 3.63) is 11.4 Å². The third-order valence-corrected chi connectivity index (χ3v) is 5.53. The van der Waals surface area contributed by atoms with Crippen LogP contribution in [0.4, 0.5) is 0 Å². The summed E-state index contributed by atoms with van der Waals surface area (Å²) in [6, 6.07) is 0.210. The van der Waals surface area contributed by atoms with E-state index in [2.05, 4.69) is 32.1 Å². The zero-order chi connectivity index (χ0) is 15.5. The molecule has 0 radical (unpaired) electrons. The molecular weight excluding hydrogens is 290 g/mol. The number of nitrogens with zero attached hydrogens (tertiary/aromatic N) is 2. The Morgan fingerprint density at radius 3 is 2.67 bits per heavy atom. The van der Waals surface area contributed by atoms with Crippen molar-refractivity contribution in [1.29, 1.82) is 0 Å². The Morgan fingerprint density at radius 1 is 1.38 bits per heavy atom. The zero-order valence-corrected chi connectivity index (χ0v) is 13.8. The van der Waals surface area contributed by atoms with Crippen molar-refractivity contribution in [2.24, 2.45) is 0 Å². The second-order valence-electron chi connectivity index (χ2n) is 5.60. The highest BCUT2D eigenvalue weighted by molar-refractivity contribution is 7.89. The normalized spacial score (nSPS) is 18.2. The number of hydrogen-bond acceptors (Lipinski definition) is 5. The highest BCUT2D eigenvalue weighted by Gasteiger charge is 2.25. The van der Waals surface area contributed by atoms with Crippen molar-refractivity contribution < 1.29 is 8.42 Å². The summed E-state index contributed by atoms with van der Waals surface area (Å²) in [6.45, 7) is 6.74. The summed E-state index contributed by atoms with van der Waals surface area (Å²) >= 11 is 0. The number of aromatic amines is 1. The van der Waals surface area contributed by atoms with Gasteiger partial charge in [0.2, 0.25) is 10.0 Å². The largest absolute Gasteiger partial charge is 0.314 e. The Bertz CT molecular complexity index is 563. The first-order valence-corrected chi connectivity index (χ1v) is 8.86. The second-order valence-corrected chi connectivity index (χ2v) is 7.30. The first-order chi connectivity index (χ1) is 9.95. The minimum Gasteiger partial charge on any atom is -0.314 e. The van der Waals surface area contributed by atoms with Gasteiger partial charge >= 0.3 is 0 Å². The van der Waals surface area contributed by atoms with E-state index in [4.69, 9.17) is 0 Å². The molecule has 1 aromatic heterocycles. The Labute approximate surface area is 126 Å². The molecule has 1 aliphatic rings. The van der Waals surface area contributed by atoms with Crippen molar-refractivity contribution in [2.45, 2.75) is 44.2 Å². The summed E-state index contributed by atoms with van der Waals surface area (Å²) in [5.74, 6) is 0. The lowest BCUT2D eigenvalue weighted by Gasteiger charge is -2.23. The standard InChI is InChI=1S/C13H25N5O2S/c1-10(18-6-4-5-7-18)8-15-21(19,20)13-11(2)16-17-12(13)9-14-3/h10,14-15H,4-9H2,1-3H3,(H,16,17). The summed E-state index contributed by atoms with van der Waals surface area (Å²) in [5.41, 5.74) is 1.10. The Balaban J connectivity index is 2.06. The smallest absolute Gasteiger partial charge is 0.244 e. The fourth-order valence-corrected chi connectivity index (χ4v) is 4.21. The van der Waals surface area contributed by atoms with Crippen molar-refractivity contribution in [3.8, 4) is 0 Å². The summed E-state index contributed by atoms with van der Waals surface area (Å²) in [6.07, 6.45) is 2.40. The molecule has 1 fully saturated rings. The second kappa shape index (κ2) is 6.87.